The summed E-state index contributed by atoms with van der Waals surface area (Å²) in [6.45, 7) is 1.98. The normalized spacial score (nSPS) is 16.9. The summed E-state index contributed by atoms with van der Waals surface area (Å²) < 4.78 is 0. The monoisotopic (exact) mass is 418 g/mol. The van der Waals surface area contributed by atoms with Gasteiger partial charge in [-0.15, -0.1) is 0 Å². The summed E-state index contributed by atoms with van der Waals surface area (Å²) in [5.41, 5.74) is 3.41. The average molecular weight is 419 g/mol. The van der Waals surface area contributed by atoms with E-state index in [0.717, 1.165) is 16.7 Å². The van der Waals surface area contributed by atoms with Crippen LogP contribution in [-0.4, -0.2) is 23.3 Å². The fraction of sp³-hybridized carbons (Fsp3) is 0.200. The molecule has 2 unspecified atom stereocenters. The number of amides is 2. The molecule has 0 bridgehead atoms. The van der Waals surface area contributed by atoms with E-state index in [9.17, 15) is 9.59 Å². The lowest BCUT2D eigenvalue weighted by Gasteiger charge is -2.33. The van der Waals surface area contributed by atoms with Crippen LogP contribution in [0.4, 0.5) is 5.69 Å². The molecule has 4 nitrogen and oxygen atoms in total. The molecule has 0 radical (unpaired) electrons. The smallest absolute Gasteiger partial charge is 0.244 e. The van der Waals surface area contributed by atoms with Gasteiger partial charge in [-0.1, -0.05) is 85.3 Å². The van der Waals surface area contributed by atoms with Crippen LogP contribution < -0.4 is 5.32 Å². The van der Waals surface area contributed by atoms with Crippen molar-refractivity contribution in [3.05, 3.63) is 101 Å². The van der Waals surface area contributed by atoms with Gasteiger partial charge in [0, 0.05) is 16.3 Å². The Labute approximate surface area is 181 Å². The Morgan fingerprint density at radius 2 is 1.73 bits per heavy atom. The Kier molecular flexibility index (Phi) is 5.86. The highest BCUT2D eigenvalue weighted by atomic mass is 35.5. The summed E-state index contributed by atoms with van der Waals surface area (Å²) >= 11 is 6.19. The molecule has 2 amide bonds. The van der Waals surface area contributed by atoms with Crippen LogP contribution in [0.2, 0.25) is 5.02 Å². The molecule has 1 aliphatic rings. The first-order chi connectivity index (χ1) is 14.6. The van der Waals surface area contributed by atoms with Crippen molar-refractivity contribution < 1.29 is 9.59 Å². The zero-order chi connectivity index (χ0) is 21.1. The van der Waals surface area contributed by atoms with Gasteiger partial charge in [-0.3, -0.25) is 9.59 Å². The van der Waals surface area contributed by atoms with Crippen LogP contribution in [0.25, 0.3) is 0 Å². The van der Waals surface area contributed by atoms with E-state index in [1.165, 1.54) is 0 Å². The van der Waals surface area contributed by atoms with Crippen molar-refractivity contribution in [3.8, 4) is 0 Å². The van der Waals surface area contributed by atoms with Crippen molar-refractivity contribution in [1.29, 1.82) is 0 Å². The highest BCUT2D eigenvalue weighted by Gasteiger charge is 2.36. The Bertz CT molecular complexity index is 1050. The lowest BCUT2D eigenvalue weighted by Crippen LogP contribution is -2.41. The third kappa shape index (κ3) is 3.96. The summed E-state index contributed by atoms with van der Waals surface area (Å²) in [6, 6.07) is 24.6. The second-order valence-electron chi connectivity index (χ2n) is 7.43. The summed E-state index contributed by atoms with van der Waals surface area (Å²) in [6.07, 6.45) is 0.649. The molecule has 0 aliphatic carbocycles. The SMILES string of the molecule is CCC(C(=O)N1CC(=O)Nc2cc(Cl)ccc2C1c1ccccc1)c1ccccc1. The maximum absolute atomic E-state index is 13.8. The van der Waals surface area contributed by atoms with Crippen molar-refractivity contribution in [2.24, 2.45) is 0 Å². The summed E-state index contributed by atoms with van der Waals surface area (Å²) in [7, 11) is 0. The Balaban J connectivity index is 1.84. The predicted molar refractivity (Wildman–Crippen MR) is 120 cm³/mol. The first-order valence-corrected chi connectivity index (χ1v) is 10.5. The molecule has 1 N–H and O–H groups in total. The van der Waals surface area contributed by atoms with E-state index in [-0.39, 0.29) is 30.3 Å². The van der Waals surface area contributed by atoms with Crippen LogP contribution in [-0.2, 0) is 9.59 Å². The van der Waals surface area contributed by atoms with Gasteiger partial charge in [-0.05, 0) is 29.7 Å². The Hall–Kier alpha value is -3.11. The third-order valence-corrected chi connectivity index (χ3v) is 5.75. The molecular weight excluding hydrogens is 396 g/mol. The van der Waals surface area contributed by atoms with Crippen LogP contribution >= 0.6 is 11.6 Å². The molecule has 152 valence electrons. The average Bonchev–Trinajstić information content (AvgIpc) is 2.90. The van der Waals surface area contributed by atoms with Gasteiger partial charge in [-0.25, -0.2) is 0 Å². The number of nitrogens with zero attached hydrogens (tertiary/aromatic N) is 1. The number of carbonyl (C=O) groups excluding carboxylic acids is 2. The molecule has 0 saturated heterocycles. The molecular formula is C25H23ClN2O2. The first-order valence-electron chi connectivity index (χ1n) is 10.1. The summed E-state index contributed by atoms with van der Waals surface area (Å²) in [5, 5.41) is 3.47. The number of fused-ring (bicyclic) bond motifs is 1. The number of halogens is 1. The molecule has 0 saturated carbocycles. The van der Waals surface area contributed by atoms with E-state index in [0.29, 0.717) is 17.1 Å². The number of rotatable bonds is 4. The van der Waals surface area contributed by atoms with Crippen molar-refractivity contribution in [3.63, 3.8) is 0 Å². The fourth-order valence-electron chi connectivity index (χ4n) is 4.12. The van der Waals surface area contributed by atoms with Crippen molar-refractivity contribution in [2.45, 2.75) is 25.3 Å². The van der Waals surface area contributed by atoms with Gasteiger partial charge in [0.15, 0.2) is 0 Å². The lowest BCUT2D eigenvalue weighted by atomic mass is 9.91. The minimum Gasteiger partial charge on any atom is -0.324 e. The van der Waals surface area contributed by atoms with Crippen LogP contribution in [0.3, 0.4) is 0 Å². The number of hydrogen-bond donors (Lipinski definition) is 1. The second kappa shape index (κ2) is 8.72. The maximum atomic E-state index is 13.8. The highest BCUT2D eigenvalue weighted by Crippen LogP contribution is 2.38. The molecule has 0 spiro atoms. The number of nitrogens with one attached hydrogen (secondary N) is 1. The minimum absolute atomic E-state index is 0.0198. The van der Waals surface area contributed by atoms with Crippen LogP contribution in [0, 0.1) is 0 Å². The minimum atomic E-state index is -0.386. The van der Waals surface area contributed by atoms with E-state index < -0.39 is 0 Å². The van der Waals surface area contributed by atoms with E-state index in [1.54, 1.807) is 17.0 Å². The van der Waals surface area contributed by atoms with Crippen LogP contribution in [0.5, 0.6) is 0 Å². The standard InChI is InChI=1S/C25H23ClN2O2/c1-2-20(17-9-5-3-6-10-17)25(30)28-16-23(29)27-22-15-19(26)13-14-21(22)24(28)18-11-7-4-8-12-18/h3-15,20,24H,2,16H2,1H3,(H,27,29). The number of carbonyl (C=O) groups is 2. The molecule has 1 aliphatic heterocycles. The van der Waals surface area contributed by atoms with Crippen molar-refractivity contribution in [1.82, 2.24) is 4.90 Å². The van der Waals surface area contributed by atoms with Crippen molar-refractivity contribution in [2.75, 3.05) is 11.9 Å². The largest absolute Gasteiger partial charge is 0.324 e. The van der Waals surface area contributed by atoms with E-state index in [2.05, 4.69) is 5.32 Å². The Morgan fingerprint density at radius 3 is 2.40 bits per heavy atom. The molecule has 4 rings (SSSR count). The second-order valence-corrected chi connectivity index (χ2v) is 7.87. The van der Waals surface area contributed by atoms with Crippen LogP contribution in [0.15, 0.2) is 78.9 Å². The molecule has 30 heavy (non-hydrogen) atoms. The van der Waals surface area contributed by atoms with Gasteiger partial charge < -0.3 is 10.2 Å². The van der Waals surface area contributed by atoms with Crippen molar-refractivity contribution >= 4 is 29.1 Å². The van der Waals surface area contributed by atoms with Gasteiger partial charge in [0.25, 0.3) is 0 Å². The van der Waals surface area contributed by atoms with Gasteiger partial charge in [0.05, 0.1) is 12.0 Å². The van der Waals surface area contributed by atoms with Gasteiger partial charge in [0.1, 0.15) is 6.54 Å². The third-order valence-electron chi connectivity index (χ3n) is 5.52. The van der Waals surface area contributed by atoms with Gasteiger partial charge in [0.2, 0.25) is 11.8 Å². The van der Waals surface area contributed by atoms with Crippen LogP contribution in [0.1, 0.15) is 42.0 Å². The molecule has 3 aromatic rings. The number of benzene rings is 3. The highest BCUT2D eigenvalue weighted by molar-refractivity contribution is 6.31. The number of hydrogen-bond acceptors (Lipinski definition) is 2. The molecule has 3 aromatic carbocycles. The molecule has 2 atom stereocenters. The molecule has 5 heteroatoms. The zero-order valence-electron chi connectivity index (χ0n) is 16.7. The molecule has 1 heterocycles. The number of anilines is 1. The fourth-order valence-corrected chi connectivity index (χ4v) is 4.29. The van der Waals surface area contributed by atoms with E-state index >= 15 is 0 Å². The Morgan fingerprint density at radius 1 is 1.07 bits per heavy atom. The topological polar surface area (TPSA) is 49.4 Å². The summed E-state index contributed by atoms with van der Waals surface area (Å²) in [5.74, 6) is -0.609. The van der Waals surface area contributed by atoms with E-state index in [4.69, 9.17) is 11.6 Å². The predicted octanol–water partition coefficient (Wildman–Crippen LogP) is 5.40. The maximum Gasteiger partial charge on any atom is 0.244 e. The van der Waals surface area contributed by atoms with Gasteiger partial charge >= 0.3 is 0 Å². The molecule has 0 aromatic heterocycles. The molecule has 0 fully saturated rings. The van der Waals surface area contributed by atoms with Gasteiger partial charge in [-0.2, -0.15) is 0 Å². The first kappa shape index (κ1) is 20.2. The zero-order valence-corrected chi connectivity index (χ0v) is 17.5. The lowest BCUT2D eigenvalue weighted by molar-refractivity contribution is -0.137. The quantitative estimate of drug-likeness (QED) is 0.616. The summed E-state index contributed by atoms with van der Waals surface area (Å²) in [4.78, 5) is 28.3. The van der Waals surface area contributed by atoms with E-state index in [1.807, 2.05) is 73.7 Å².